The Balaban J connectivity index is 2.12. The van der Waals surface area contributed by atoms with Crippen molar-refractivity contribution in [3.8, 4) is 0 Å². The Morgan fingerprint density at radius 2 is 0.663 bits per heavy atom. The molecule has 0 spiro atoms. The minimum Gasteiger partial charge on any atom is -0.394 e. The molecule has 1 aliphatic rings. The van der Waals surface area contributed by atoms with Gasteiger partial charge in [-0.1, -0.05) is 359 Å². The topological polar surface area (TPSA) is 189 Å². The highest BCUT2D eigenvalue weighted by Crippen LogP contribution is 2.24. The Morgan fingerprint density at radius 1 is 0.382 bits per heavy atom. The van der Waals surface area contributed by atoms with Gasteiger partial charge in [-0.05, 0) is 64.2 Å². The fourth-order valence-corrected chi connectivity index (χ4v) is 13.0. The van der Waals surface area contributed by atoms with Crippen LogP contribution in [-0.4, -0.2) is 110 Å². The lowest BCUT2D eigenvalue weighted by atomic mass is 9.98. The number of unbranched alkanes of at least 4 members (excludes halogenated alkanes) is 54. The monoisotopic (exact) mass is 1260 g/mol. The largest absolute Gasteiger partial charge is 0.394 e. The molecule has 1 rings (SSSR count). The lowest BCUT2D eigenvalue weighted by molar-refractivity contribution is -0.303. The standard InChI is InChI=1S/C78H151NO10/c1-3-5-7-9-11-13-15-17-19-21-23-25-27-29-30-31-32-33-34-35-36-37-38-39-40-41-42-44-46-48-50-52-54-56-58-60-62-64-66-71(82)77(87)79-69(68-88-78-76(86)75(85)74(84)72(67-80)89-78)73(83)70(81)65-63-61-59-57-55-53-51-49-47-45-43-28-26-24-22-20-18-16-14-12-10-8-6-4-2/h35-36,57,59,69-76,78,80-86H,3-34,37-56,58,60-68H2,1-2H3,(H,79,87)/b36-35-,59-57+. The van der Waals surface area contributed by atoms with Crippen LogP contribution in [0.4, 0.5) is 0 Å². The summed E-state index contributed by atoms with van der Waals surface area (Å²) in [6.07, 6.45) is 74.4. The highest BCUT2D eigenvalue weighted by Gasteiger charge is 2.44. The minimum atomic E-state index is -1.67. The summed E-state index contributed by atoms with van der Waals surface area (Å²) in [4.78, 5) is 13.3. The van der Waals surface area contributed by atoms with Gasteiger partial charge in [-0.2, -0.15) is 0 Å². The molecular formula is C78H151NO10. The third kappa shape index (κ3) is 53.5. The number of aliphatic hydroxyl groups excluding tert-OH is 7. The smallest absolute Gasteiger partial charge is 0.249 e. The summed E-state index contributed by atoms with van der Waals surface area (Å²) in [5, 5.41) is 76.6. The second kappa shape index (κ2) is 66.6. The second-order valence-electron chi connectivity index (χ2n) is 27.8. The molecule has 1 saturated heterocycles. The Labute approximate surface area is 550 Å². The van der Waals surface area contributed by atoms with Gasteiger partial charge in [0.15, 0.2) is 6.29 Å². The molecule has 8 N–H and O–H groups in total. The first-order valence-corrected chi connectivity index (χ1v) is 39.2. The van der Waals surface area contributed by atoms with E-state index < -0.39 is 74.2 Å². The van der Waals surface area contributed by atoms with E-state index in [9.17, 15) is 40.5 Å². The van der Waals surface area contributed by atoms with Crippen molar-refractivity contribution in [3.05, 3.63) is 24.3 Å². The normalized spacial score (nSPS) is 18.6. The van der Waals surface area contributed by atoms with E-state index in [4.69, 9.17) is 9.47 Å². The third-order valence-corrected chi connectivity index (χ3v) is 19.2. The summed E-state index contributed by atoms with van der Waals surface area (Å²) in [6, 6.07) is -1.19. The molecule has 1 heterocycles. The molecule has 1 amide bonds. The number of hydrogen-bond acceptors (Lipinski definition) is 10. The van der Waals surface area contributed by atoms with Gasteiger partial charge in [-0.3, -0.25) is 4.79 Å². The third-order valence-electron chi connectivity index (χ3n) is 19.2. The summed E-state index contributed by atoms with van der Waals surface area (Å²) in [5.41, 5.74) is 0. The fourth-order valence-electron chi connectivity index (χ4n) is 13.0. The molecule has 9 unspecified atom stereocenters. The van der Waals surface area contributed by atoms with Gasteiger partial charge >= 0.3 is 0 Å². The summed E-state index contributed by atoms with van der Waals surface area (Å²) in [7, 11) is 0. The number of nitrogens with one attached hydrogen (secondary N) is 1. The number of carbonyl (C=O) groups is 1. The van der Waals surface area contributed by atoms with E-state index in [1.807, 2.05) is 0 Å². The molecule has 1 fully saturated rings. The number of rotatable bonds is 70. The molecule has 0 aliphatic carbocycles. The second-order valence-corrected chi connectivity index (χ2v) is 27.8. The lowest BCUT2D eigenvalue weighted by Gasteiger charge is -2.40. The van der Waals surface area contributed by atoms with Gasteiger partial charge in [0.2, 0.25) is 5.91 Å². The molecule has 1 aliphatic heterocycles. The summed E-state index contributed by atoms with van der Waals surface area (Å²) < 4.78 is 11.2. The van der Waals surface area contributed by atoms with E-state index in [1.54, 1.807) is 0 Å². The highest BCUT2D eigenvalue weighted by molar-refractivity contribution is 5.80. The van der Waals surface area contributed by atoms with Crippen LogP contribution in [-0.2, 0) is 14.3 Å². The van der Waals surface area contributed by atoms with Crippen molar-refractivity contribution in [3.63, 3.8) is 0 Å². The molecule has 0 aromatic carbocycles. The molecule has 11 nitrogen and oxygen atoms in total. The van der Waals surface area contributed by atoms with Gasteiger partial charge < -0.3 is 50.5 Å². The Morgan fingerprint density at radius 3 is 0.966 bits per heavy atom. The predicted octanol–water partition coefficient (Wildman–Crippen LogP) is 19.9. The van der Waals surface area contributed by atoms with Crippen LogP contribution in [0, 0.1) is 0 Å². The van der Waals surface area contributed by atoms with Crippen LogP contribution in [0.5, 0.6) is 0 Å². The number of allylic oxidation sites excluding steroid dienone is 4. The van der Waals surface area contributed by atoms with E-state index in [0.717, 1.165) is 38.5 Å². The molecule has 0 bridgehead atoms. The van der Waals surface area contributed by atoms with Crippen molar-refractivity contribution in [1.82, 2.24) is 5.32 Å². The quantitative estimate of drug-likeness (QED) is 0.0215. The van der Waals surface area contributed by atoms with Gasteiger partial charge in [0.25, 0.3) is 0 Å². The first-order valence-electron chi connectivity index (χ1n) is 39.2. The lowest BCUT2D eigenvalue weighted by Crippen LogP contribution is -2.60. The molecule has 11 heteroatoms. The van der Waals surface area contributed by atoms with E-state index in [1.165, 1.54) is 321 Å². The van der Waals surface area contributed by atoms with Crippen LogP contribution < -0.4 is 5.32 Å². The zero-order valence-electron chi connectivity index (χ0n) is 58.7. The maximum atomic E-state index is 13.3. The number of hydrogen-bond donors (Lipinski definition) is 8. The van der Waals surface area contributed by atoms with E-state index in [0.29, 0.717) is 12.8 Å². The maximum absolute atomic E-state index is 13.3. The predicted molar refractivity (Wildman–Crippen MR) is 376 cm³/mol. The van der Waals surface area contributed by atoms with Crippen molar-refractivity contribution in [2.45, 2.75) is 454 Å². The number of carbonyl (C=O) groups excluding carboxylic acids is 1. The van der Waals surface area contributed by atoms with E-state index in [2.05, 4.69) is 43.5 Å². The molecule has 0 radical (unpaired) electrons. The first kappa shape index (κ1) is 85.6. The molecule has 528 valence electrons. The van der Waals surface area contributed by atoms with Gasteiger partial charge in [0, 0.05) is 0 Å². The average molecular weight is 1260 g/mol. The molecule has 0 aromatic heterocycles. The van der Waals surface area contributed by atoms with Crippen LogP contribution in [0.15, 0.2) is 24.3 Å². The zero-order chi connectivity index (χ0) is 64.6. The van der Waals surface area contributed by atoms with E-state index >= 15 is 0 Å². The van der Waals surface area contributed by atoms with Crippen molar-refractivity contribution in [1.29, 1.82) is 0 Å². The zero-order valence-corrected chi connectivity index (χ0v) is 58.7. The van der Waals surface area contributed by atoms with Crippen LogP contribution in [0.3, 0.4) is 0 Å². The molecule has 89 heavy (non-hydrogen) atoms. The van der Waals surface area contributed by atoms with Crippen LogP contribution in [0.25, 0.3) is 0 Å². The van der Waals surface area contributed by atoms with Crippen LogP contribution in [0.2, 0.25) is 0 Å². The van der Waals surface area contributed by atoms with Crippen molar-refractivity contribution in [2.75, 3.05) is 13.2 Å². The van der Waals surface area contributed by atoms with Crippen LogP contribution >= 0.6 is 0 Å². The van der Waals surface area contributed by atoms with Gasteiger partial charge in [0.1, 0.15) is 36.6 Å². The molecule has 0 aromatic rings. The molecular weight excluding hydrogens is 1110 g/mol. The summed E-state index contributed by atoms with van der Waals surface area (Å²) in [6.45, 7) is 3.51. The highest BCUT2D eigenvalue weighted by atomic mass is 16.7. The van der Waals surface area contributed by atoms with Gasteiger partial charge in [0.05, 0.1) is 25.4 Å². The summed E-state index contributed by atoms with van der Waals surface area (Å²) >= 11 is 0. The van der Waals surface area contributed by atoms with Crippen molar-refractivity contribution >= 4 is 5.91 Å². The first-order chi connectivity index (χ1) is 43.7. The number of ether oxygens (including phenoxy) is 2. The fraction of sp³-hybridized carbons (Fsp3) is 0.936. The number of aliphatic hydroxyl groups is 7. The maximum Gasteiger partial charge on any atom is 0.249 e. The Hall–Kier alpha value is -1.41. The Kier molecular flexibility index (Phi) is 64.1. The van der Waals surface area contributed by atoms with Crippen LogP contribution in [0.1, 0.15) is 399 Å². The van der Waals surface area contributed by atoms with Gasteiger partial charge in [-0.25, -0.2) is 0 Å². The Bertz CT molecular complexity index is 1500. The molecule has 0 saturated carbocycles. The van der Waals surface area contributed by atoms with E-state index in [-0.39, 0.29) is 12.8 Å². The average Bonchev–Trinajstić information content (AvgIpc) is 3.68. The number of amides is 1. The van der Waals surface area contributed by atoms with Crippen molar-refractivity contribution in [2.24, 2.45) is 0 Å². The molecule has 9 atom stereocenters. The summed E-state index contributed by atoms with van der Waals surface area (Å²) in [5.74, 6) is -0.699. The van der Waals surface area contributed by atoms with Gasteiger partial charge in [-0.15, -0.1) is 0 Å². The minimum absolute atomic E-state index is 0.258. The SMILES string of the molecule is CCCCCCCCCCCCCCCCCCCC/C=C\CCCCCCCCCCCCCCCCCCC(O)C(=O)NC(COC1OC(CO)C(O)C(O)C1O)C(O)C(O)CCC/C=C/CCCCCCCCCCCCCCCCCCCCC. The van der Waals surface area contributed by atoms with Crippen molar-refractivity contribution < 1.29 is 50.0 Å².